The zero-order valence-corrected chi connectivity index (χ0v) is 17.0. The van der Waals surface area contributed by atoms with Crippen LogP contribution in [0, 0.1) is 13.3 Å². The number of imidazole rings is 1. The van der Waals surface area contributed by atoms with Gasteiger partial charge in [-0.05, 0) is 25.1 Å². The molecule has 0 amide bonds. The van der Waals surface area contributed by atoms with Gasteiger partial charge in [0.05, 0.1) is 11.9 Å². The summed E-state index contributed by atoms with van der Waals surface area (Å²) in [4.78, 5) is 30.1. The smallest absolute Gasteiger partial charge is 0.351 e. The monoisotopic (exact) mass is 414 g/mol. The molecule has 123 valence electrons. The molecule has 0 aliphatic heterocycles. The number of ether oxygens (including phenoxy) is 1. The van der Waals surface area contributed by atoms with Crippen molar-refractivity contribution in [3.63, 3.8) is 0 Å². The maximum absolute atomic E-state index is 10.9. The topological polar surface area (TPSA) is 110 Å². The molecule has 8 nitrogen and oxygen atoms in total. The summed E-state index contributed by atoms with van der Waals surface area (Å²) in [7, 11) is -4.23. The van der Waals surface area contributed by atoms with Crippen LogP contribution >= 0.6 is 7.60 Å². The van der Waals surface area contributed by atoms with Crippen LogP contribution in [0.5, 0.6) is 0 Å². The molecule has 0 spiro atoms. The van der Waals surface area contributed by atoms with E-state index >= 15 is 0 Å². The molecule has 0 aliphatic rings. The van der Waals surface area contributed by atoms with E-state index in [2.05, 4.69) is 27.9 Å². The van der Waals surface area contributed by atoms with Crippen molar-refractivity contribution in [3.8, 4) is 0 Å². The Morgan fingerprint density at radius 2 is 2.13 bits per heavy atom. The van der Waals surface area contributed by atoms with E-state index in [1.807, 2.05) is 6.92 Å². The van der Waals surface area contributed by atoms with Crippen LogP contribution in [-0.2, 0) is 48.6 Å². The van der Waals surface area contributed by atoms with Crippen molar-refractivity contribution >= 4 is 18.8 Å². The fourth-order valence-electron chi connectivity index (χ4n) is 1.81. The first-order valence-corrected chi connectivity index (χ1v) is 8.32. The number of aromatic nitrogens is 4. The summed E-state index contributed by atoms with van der Waals surface area (Å²) >= 11 is 0. The van der Waals surface area contributed by atoms with Crippen LogP contribution < -0.4 is 0 Å². The van der Waals surface area contributed by atoms with E-state index in [0.717, 1.165) is 5.69 Å². The molecule has 0 aliphatic carbocycles. The maximum atomic E-state index is 10.9. The SMILES string of the molecule is C=C(Cn1cnc2c(C)n[c-]nc21)C(C)(C)OCP(=O)(O)O.[Y]. The van der Waals surface area contributed by atoms with E-state index in [-0.39, 0.29) is 32.7 Å². The zero-order valence-electron chi connectivity index (χ0n) is 13.2. The third-order valence-corrected chi connectivity index (χ3v) is 3.80. The summed E-state index contributed by atoms with van der Waals surface area (Å²) in [6, 6.07) is 0. The fourth-order valence-corrected chi connectivity index (χ4v) is 2.30. The summed E-state index contributed by atoms with van der Waals surface area (Å²) in [5.41, 5.74) is 1.77. The van der Waals surface area contributed by atoms with Crippen LogP contribution in [0.15, 0.2) is 18.5 Å². The molecule has 0 fully saturated rings. The van der Waals surface area contributed by atoms with E-state index < -0.39 is 19.5 Å². The molecule has 1 radical (unpaired) electrons. The Hall–Kier alpha value is -0.496. The largest absolute Gasteiger partial charge is 0.369 e. The van der Waals surface area contributed by atoms with E-state index in [9.17, 15) is 4.57 Å². The van der Waals surface area contributed by atoms with Crippen molar-refractivity contribution in [2.45, 2.75) is 32.9 Å². The second kappa shape index (κ2) is 7.59. The minimum Gasteiger partial charge on any atom is -0.369 e. The van der Waals surface area contributed by atoms with Crippen molar-refractivity contribution in [2.24, 2.45) is 0 Å². The number of aryl methyl sites for hydroxylation is 1. The van der Waals surface area contributed by atoms with Gasteiger partial charge < -0.3 is 29.1 Å². The third-order valence-electron chi connectivity index (χ3n) is 3.33. The summed E-state index contributed by atoms with van der Waals surface area (Å²) in [6.07, 6.45) is 3.52. The Bertz CT molecular complexity index is 756. The van der Waals surface area contributed by atoms with E-state index in [1.54, 1.807) is 24.7 Å². The minimum absolute atomic E-state index is 0. The summed E-state index contributed by atoms with van der Waals surface area (Å²) in [5.74, 6) is 0. The van der Waals surface area contributed by atoms with E-state index in [1.165, 1.54) is 0 Å². The van der Waals surface area contributed by atoms with Gasteiger partial charge in [0.1, 0.15) is 6.35 Å². The van der Waals surface area contributed by atoms with Gasteiger partial charge in [-0.1, -0.05) is 13.5 Å². The van der Waals surface area contributed by atoms with Crippen LogP contribution in [-0.4, -0.2) is 41.3 Å². The van der Waals surface area contributed by atoms with Gasteiger partial charge in [-0.3, -0.25) is 9.55 Å². The first-order valence-electron chi connectivity index (χ1n) is 6.52. The Kier molecular flexibility index (Phi) is 6.78. The van der Waals surface area contributed by atoms with Crippen molar-refractivity contribution < 1.29 is 51.8 Å². The third kappa shape index (κ3) is 5.24. The van der Waals surface area contributed by atoms with Crippen LogP contribution in [0.25, 0.3) is 11.2 Å². The quantitative estimate of drug-likeness (QED) is 0.418. The molecule has 23 heavy (non-hydrogen) atoms. The molecule has 2 heterocycles. The van der Waals surface area contributed by atoms with Crippen LogP contribution in [0.1, 0.15) is 19.5 Å². The van der Waals surface area contributed by atoms with Crippen molar-refractivity contribution in [2.75, 3.05) is 6.35 Å². The summed E-state index contributed by atoms with van der Waals surface area (Å²) in [5, 5.41) is 0. The molecule has 0 bridgehead atoms. The molecule has 2 rings (SSSR count). The van der Waals surface area contributed by atoms with Gasteiger partial charge in [0.25, 0.3) is 0 Å². The average Bonchev–Trinajstić information content (AvgIpc) is 2.81. The number of fused-ring (bicyclic) bond motifs is 1. The molecule has 0 saturated carbocycles. The Balaban J connectivity index is 0.00000264. The summed E-state index contributed by atoms with van der Waals surface area (Å²) < 4.78 is 18.0. The molecular formula is C13H18N4O4PY-. The van der Waals surface area contributed by atoms with Crippen molar-refractivity contribution in [1.82, 2.24) is 19.5 Å². The maximum Gasteiger partial charge on any atom is 0.351 e. The molecule has 0 aromatic carbocycles. The standard InChI is InChI=1S/C13H18N4O4P.Y/c1-9(13(3,4)21-8-22(18,19)20)5-17-7-16-11-10(2)14-6-15-12(11)17;/h7H,1,5,8H2,2-4H3,(H2,18,19,20);/q-1;. The summed E-state index contributed by atoms with van der Waals surface area (Å²) in [6.45, 7) is 9.54. The number of rotatable bonds is 6. The van der Waals surface area contributed by atoms with Crippen LogP contribution in [0.4, 0.5) is 0 Å². The number of hydrogen-bond donors (Lipinski definition) is 2. The van der Waals surface area contributed by atoms with Crippen molar-refractivity contribution in [3.05, 3.63) is 30.5 Å². The van der Waals surface area contributed by atoms with Gasteiger partial charge in [0.2, 0.25) is 0 Å². The van der Waals surface area contributed by atoms with Gasteiger partial charge in [-0.2, -0.15) is 0 Å². The van der Waals surface area contributed by atoms with Gasteiger partial charge in [0.15, 0.2) is 0 Å². The molecule has 10 heteroatoms. The normalized spacial score (nSPS) is 12.2. The van der Waals surface area contributed by atoms with Gasteiger partial charge >= 0.3 is 7.60 Å². The predicted molar refractivity (Wildman–Crippen MR) is 80.1 cm³/mol. The first-order chi connectivity index (χ1) is 10.1. The Labute approximate surface area is 159 Å². The number of nitrogens with zero attached hydrogens (tertiary/aromatic N) is 4. The molecule has 0 atom stereocenters. The molecule has 2 aromatic heterocycles. The number of hydrogen-bond acceptors (Lipinski definition) is 5. The second-order valence-electron chi connectivity index (χ2n) is 5.51. The van der Waals surface area contributed by atoms with Crippen LogP contribution in [0.2, 0.25) is 0 Å². The van der Waals surface area contributed by atoms with Gasteiger partial charge in [-0.25, -0.2) is 0 Å². The zero-order chi connectivity index (χ0) is 16.5. The predicted octanol–water partition coefficient (Wildman–Crippen LogP) is 1.42. The van der Waals surface area contributed by atoms with Crippen LogP contribution in [0.3, 0.4) is 0 Å². The minimum atomic E-state index is -4.23. The Morgan fingerprint density at radius 3 is 2.74 bits per heavy atom. The average molecular weight is 414 g/mol. The first kappa shape index (κ1) is 20.5. The molecule has 2 aromatic rings. The second-order valence-corrected chi connectivity index (χ2v) is 7.09. The molecular weight excluding hydrogens is 396 g/mol. The molecule has 0 saturated heterocycles. The van der Waals surface area contributed by atoms with Crippen molar-refractivity contribution in [1.29, 1.82) is 0 Å². The molecule has 0 unspecified atom stereocenters. The van der Waals surface area contributed by atoms with Gasteiger partial charge in [0, 0.05) is 56.7 Å². The fraction of sp³-hybridized carbons (Fsp3) is 0.462. The Morgan fingerprint density at radius 1 is 1.48 bits per heavy atom. The molecule has 2 N–H and O–H groups in total. The van der Waals surface area contributed by atoms with E-state index in [4.69, 9.17) is 14.5 Å². The van der Waals surface area contributed by atoms with E-state index in [0.29, 0.717) is 23.3 Å². The van der Waals surface area contributed by atoms with Gasteiger partial charge in [-0.15, -0.1) is 0 Å².